The maximum Gasteiger partial charge on any atom is 0.242 e. The van der Waals surface area contributed by atoms with Gasteiger partial charge in [-0.2, -0.15) is 0 Å². The van der Waals surface area contributed by atoms with Crippen LogP contribution in [0.5, 0.6) is 0 Å². The third-order valence-electron chi connectivity index (χ3n) is 4.11. The molecule has 0 unspecified atom stereocenters. The Hall–Kier alpha value is -2.08. The molecule has 2 aromatic carbocycles. The lowest BCUT2D eigenvalue weighted by Gasteiger charge is -2.29. The lowest BCUT2D eigenvalue weighted by atomic mass is 10.1. The van der Waals surface area contributed by atoms with Crippen molar-refractivity contribution >= 4 is 35.0 Å². The van der Waals surface area contributed by atoms with Gasteiger partial charge in [-0.3, -0.25) is 9.59 Å². The second-order valence-corrected chi connectivity index (χ2v) is 7.01. The van der Waals surface area contributed by atoms with Gasteiger partial charge in [-0.05, 0) is 42.3 Å². The first-order valence-electron chi connectivity index (χ1n) is 8.57. The van der Waals surface area contributed by atoms with Crippen molar-refractivity contribution in [1.82, 2.24) is 10.2 Å². The summed E-state index contributed by atoms with van der Waals surface area (Å²) >= 11 is 11.8. The molecular formula is C20H22Cl2N2O3. The Morgan fingerprint density at radius 1 is 1.00 bits per heavy atom. The van der Waals surface area contributed by atoms with E-state index in [4.69, 9.17) is 28.3 Å². The van der Waals surface area contributed by atoms with Crippen molar-refractivity contribution in [1.29, 1.82) is 0 Å². The van der Waals surface area contributed by atoms with Gasteiger partial charge in [-0.1, -0.05) is 47.5 Å². The van der Waals surface area contributed by atoms with E-state index in [0.717, 1.165) is 11.1 Å². The first-order chi connectivity index (χ1) is 12.9. The number of benzene rings is 2. The van der Waals surface area contributed by atoms with E-state index < -0.39 is 6.04 Å². The van der Waals surface area contributed by atoms with Gasteiger partial charge in [0.2, 0.25) is 11.8 Å². The summed E-state index contributed by atoms with van der Waals surface area (Å²) in [5.74, 6) is -0.499. The summed E-state index contributed by atoms with van der Waals surface area (Å²) in [6.07, 6.45) is 0.155. The van der Waals surface area contributed by atoms with Crippen LogP contribution in [-0.4, -0.2) is 41.0 Å². The van der Waals surface area contributed by atoms with Crippen LogP contribution in [0.1, 0.15) is 18.1 Å². The van der Waals surface area contributed by atoms with E-state index in [2.05, 4.69) is 5.32 Å². The molecule has 27 heavy (non-hydrogen) atoms. The van der Waals surface area contributed by atoms with E-state index in [1.807, 2.05) is 12.1 Å². The Kier molecular flexibility index (Phi) is 8.10. The van der Waals surface area contributed by atoms with E-state index in [1.54, 1.807) is 43.3 Å². The topological polar surface area (TPSA) is 69.6 Å². The molecule has 0 aliphatic carbocycles. The molecule has 7 heteroatoms. The number of aliphatic hydroxyl groups is 1. The van der Waals surface area contributed by atoms with Crippen molar-refractivity contribution in [2.45, 2.75) is 25.9 Å². The normalized spacial score (nSPS) is 11.7. The Labute approximate surface area is 168 Å². The second kappa shape index (κ2) is 10.3. The summed E-state index contributed by atoms with van der Waals surface area (Å²) < 4.78 is 0. The van der Waals surface area contributed by atoms with Gasteiger partial charge in [0.05, 0.1) is 13.0 Å². The van der Waals surface area contributed by atoms with Gasteiger partial charge < -0.3 is 15.3 Å². The molecule has 0 aromatic heterocycles. The number of halogens is 2. The van der Waals surface area contributed by atoms with E-state index in [0.29, 0.717) is 10.0 Å². The number of nitrogens with zero attached hydrogens (tertiary/aromatic N) is 1. The van der Waals surface area contributed by atoms with Crippen LogP contribution < -0.4 is 5.32 Å². The molecule has 2 rings (SSSR count). The number of hydrogen-bond donors (Lipinski definition) is 2. The molecular weight excluding hydrogens is 387 g/mol. The monoisotopic (exact) mass is 408 g/mol. The lowest BCUT2D eigenvalue weighted by molar-refractivity contribution is -0.140. The van der Waals surface area contributed by atoms with Crippen LogP contribution in [-0.2, 0) is 22.6 Å². The highest BCUT2D eigenvalue weighted by Gasteiger charge is 2.26. The van der Waals surface area contributed by atoms with Crippen molar-refractivity contribution in [3.05, 3.63) is 69.7 Å². The third kappa shape index (κ3) is 6.54. The summed E-state index contributed by atoms with van der Waals surface area (Å²) in [5, 5.41) is 12.7. The molecule has 2 aromatic rings. The van der Waals surface area contributed by atoms with Crippen molar-refractivity contribution in [2.75, 3.05) is 13.2 Å². The van der Waals surface area contributed by atoms with Gasteiger partial charge in [0.25, 0.3) is 0 Å². The van der Waals surface area contributed by atoms with Crippen molar-refractivity contribution in [2.24, 2.45) is 0 Å². The summed E-state index contributed by atoms with van der Waals surface area (Å²) in [5.41, 5.74) is 1.68. The van der Waals surface area contributed by atoms with Crippen molar-refractivity contribution < 1.29 is 14.7 Å². The molecule has 0 radical (unpaired) electrons. The SMILES string of the molecule is C[C@@H](C(=O)NCCO)N(Cc1ccc(Cl)cc1)C(=O)Cc1ccc(Cl)cc1. The van der Waals surface area contributed by atoms with Gasteiger partial charge >= 0.3 is 0 Å². The summed E-state index contributed by atoms with van der Waals surface area (Å²) in [7, 11) is 0. The zero-order chi connectivity index (χ0) is 19.8. The maximum absolute atomic E-state index is 12.9. The lowest BCUT2D eigenvalue weighted by Crippen LogP contribution is -2.48. The number of nitrogens with one attached hydrogen (secondary N) is 1. The summed E-state index contributed by atoms with van der Waals surface area (Å²) in [4.78, 5) is 26.8. The minimum atomic E-state index is -0.688. The van der Waals surface area contributed by atoms with Crippen molar-refractivity contribution in [3.8, 4) is 0 Å². The highest BCUT2D eigenvalue weighted by Crippen LogP contribution is 2.16. The van der Waals surface area contributed by atoms with E-state index in [1.165, 1.54) is 4.90 Å². The zero-order valence-electron chi connectivity index (χ0n) is 15.0. The second-order valence-electron chi connectivity index (χ2n) is 6.14. The number of hydrogen-bond acceptors (Lipinski definition) is 3. The summed E-state index contributed by atoms with van der Waals surface area (Å²) in [6, 6.07) is 13.5. The molecule has 0 spiro atoms. The molecule has 2 amide bonds. The first kappa shape index (κ1) is 21.2. The van der Waals surface area contributed by atoms with Crippen LogP contribution in [0.25, 0.3) is 0 Å². The molecule has 2 N–H and O–H groups in total. The standard InChI is InChI=1S/C20H22Cl2N2O3/c1-14(20(27)23-10-11-25)24(13-16-4-8-18(22)9-5-16)19(26)12-15-2-6-17(21)7-3-15/h2-9,14,25H,10-13H2,1H3,(H,23,27)/t14-/m0/s1. The average molecular weight is 409 g/mol. The number of aliphatic hydroxyl groups excluding tert-OH is 1. The van der Waals surface area contributed by atoms with Crippen LogP contribution in [0.2, 0.25) is 10.0 Å². The van der Waals surface area contributed by atoms with Gasteiger partial charge in [-0.15, -0.1) is 0 Å². The fourth-order valence-corrected chi connectivity index (χ4v) is 2.83. The van der Waals surface area contributed by atoms with Crippen LogP contribution in [0.4, 0.5) is 0 Å². The average Bonchev–Trinajstić information content (AvgIpc) is 2.66. The maximum atomic E-state index is 12.9. The Morgan fingerprint density at radius 2 is 1.52 bits per heavy atom. The van der Waals surface area contributed by atoms with E-state index in [-0.39, 0.29) is 37.9 Å². The van der Waals surface area contributed by atoms with Gasteiger partial charge in [0.1, 0.15) is 6.04 Å². The highest BCUT2D eigenvalue weighted by molar-refractivity contribution is 6.30. The van der Waals surface area contributed by atoms with Crippen molar-refractivity contribution in [3.63, 3.8) is 0 Å². The molecule has 0 aliphatic heterocycles. The highest BCUT2D eigenvalue weighted by atomic mass is 35.5. The number of carbonyl (C=O) groups is 2. The summed E-state index contributed by atoms with van der Waals surface area (Å²) in [6.45, 7) is 1.93. The fourth-order valence-electron chi connectivity index (χ4n) is 2.57. The van der Waals surface area contributed by atoms with Crippen LogP contribution in [0.3, 0.4) is 0 Å². The zero-order valence-corrected chi connectivity index (χ0v) is 16.5. The molecule has 0 bridgehead atoms. The van der Waals surface area contributed by atoms with E-state index in [9.17, 15) is 9.59 Å². The molecule has 0 saturated heterocycles. The molecule has 0 fully saturated rings. The van der Waals surface area contributed by atoms with Crippen LogP contribution in [0, 0.1) is 0 Å². The molecule has 5 nitrogen and oxygen atoms in total. The minimum absolute atomic E-state index is 0.142. The Morgan fingerprint density at radius 3 is 2.04 bits per heavy atom. The van der Waals surface area contributed by atoms with Gasteiger partial charge in [-0.25, -0.2) is 0 Å². The van der Waals surface area contributed by atoms with Crippen LogP contribution in [0.15, 0.2) is 48.5 Å². The minimum Gasteiger partial charge on any atom is -0.395 e. The smallest absolute Gasteiger partial charge is 0.242 e. The van der Waals surface area contributed by atoms with Gasteiger partial charge in [0.15, 0.2) is 0 Å². The Bertz CT molecular complexity index is 764. The first-order valence-corrected chi connectivity index (χ1v) is 9.33. The van der Waals surface area contributed by atoms with Crippen LogP contribution >= 0.6 is 23.2 Å². The van der Waals surface area contributed by atoms with Gasteiger partial charge in [0, 0.05) is 23.1 Å². The molecule has 144 valence electrons. The molecule has 0 heterocycles. The van der Waals surface area contributed by atoms with E-state index >= 15 is 0 Å². The predicted octanol–water partition coefficient (Wildman–Crippen LogP) is 3.06. The number of amides is 2. The molecule has 1 atom stereocenters. The fraction of sp³-hybridized carbons (Fsp3) is 0.300. The third-order valence-corrected chi connectivity index (χ3v) is 4.62. The quantitative estimate of drug-likeness (QED) is 0.704. The number of rotatable bonds is 8. The predicted molar refractivity (Wildman–Crippen MR) is 107 cm³/mol. The number of carbonyl (C=O) groups excluding carboxylic acids is 2. The Balaban J connectivity index is 2.18. The molecule has 0 saturated carbocycles. The largest absolute Gasteiger partial charge is 0.395 e. The molecule has 0 aliphatic rings.